The van der Waals surface area contributed by atoms with Crippen LogP contribution in [0.3, 0.4) is 0 Å². The average Bonchev–Trinajstić information content (AvgIpc) is 3.03. The van der Waals surface area contributed by atoms with Crippen LogP contribution in [0.15, 0.2) is 36.4 Å². The number of nitriles is 1. The van der Waals surface area contributed by atoms with E-state index in [0.717, 1.165) is 18.2 Å². The van der Waals surface area contributed by atoms with Crippen molar-refractivity contribution in [2.24, 2.45) is 5.73 Å². The van der Waals surface area contributed by atoms with Gasteiger partial charge in [-0.15, -0.1) is 13.2 Å². The van der Waals surface area contributed by atoms with Crippen LogP contribution in [0.1, 0.15) is 29.8 Å². The van der Waals surface area contributed by atoms with Gasteiger partial charge in [0.2, 0.25) is 11.8 Å². The molecule has 0 saturated heterocycles. The summed E-state index contributed by atoms with van der Waals surface area (Å²) in [6.07, 6.45) is -4.95. The minimum Gasteiger partial charge on any atom is -0.478 e. The quantitative estimate of drug-likeness (QED) is 0.549. The van der Waals surface area contributed by atoms with E-state index in [1.165, 1.54) is 11.6 Å². The summed E-state index contributed by atoms with van der Waals surface area (Å²) in [5.74, 6) is -1.15. The van der Waals surface area contributed by atoms with Gasteiger partial charge in [-0.25, -0.2) is 4.68 Å². The van der Waals surface area contributed by atoms with Crippen molar-refractivity contribution in [2.75, 3.05) is 6.61 Å². The highest BCUT2D eigenvalue weighted by atomic mass is 35.5. The van der Waals surface area contributed by atoms with Crippen molar-refractivity contribution in [3.8, 4) is 17.7 Å². The number of amides is 1. The van der Waals surface area contributed by atoms with Crippen LogP contribution in [0, 0.1) is 11.3 Å². The zero-order valence-electron chi connectivity index (χ0n) is 17.0. The number of carbonyl (C=O) groups is 1. The fraction of sp³-hybridized carbons (Fsp3) is 0.286. The molecular formula is C21H18ClF3N4O3. The lowest BCUT2D eigenvalue weighted by Crippen LogP contribution is -2.31. The number of carbonyl (C=O) groups excluding carboxylic acids is 1. The van der Waals surface area contributed by atoms with Gasteiger partial charge in [0.05, 0.1) is 35.5 Å². The maximum atomic E-state index is 12.7. The molecule has 1 atom stereocenters. The number of hydrogen-bond acceptors (Lipinski definition) is 5. The third kappa shape index (κ3) is 4.73. The lowest BCUT2D eigenvalue weighted by Gasteiger charge is -2.25. The van der Waals surface area contributed by atoms with Crippen molar-refractivity contribution >= 4 is 28.4 Å². The van der Waals surface area contributed by atoms with Gasteiger partial charge >= 0.3 is 6.36 Å². The van der Waals surface area contributed by atoms with Crippen LogP contribution in [0.2, 0.25) is 5.02 Å². The third-order valence-electron chi connectivity index (χ3n) is 4.73. The first-order valence-electron chi connectivity index (χ1n) is 9.37. The number of rotatable bonds is 7. The number of aromatic nitrogens is 2. The first-order valence-corrected chi connectivity index (χ1v) is 9.75. The number of hydrogen-bond donors (Lipinski definition) is 1. The van der Waals surface area contributed by atoms with Gasteiger partial charge in [-0.3, -0.25) is 4.79 Å². The molecular weight excluding hydrogens is 449 g/mol. The molecule has 0 spiro atoms. The predicted octanol–water partition coefficient (Wildman–Crippen LogP) is 4.57. The number of nitrogens with two attached hydrogens (primary N) is 1. The van der Waals surface area contributed by atoms with E-state index in [0.29, 0.717) is 21.8 Å². The first-order chi connectivity index (χ1) is 15.0. The van der Waals surface area contributed by atoms with E-state index in [1.807, 2.05) is 0 Å². The number of halogens is 4. The van der Waals surface area contributed by atoms with Crippen LogP contribution in [-0.2, 0) is 12.0 Å². The molecule has 168 valence electrons. The van der Waals surface area contributed by atoms with Crippen molar-refractivity contribution in [2.45, 2.75) is 32.2 Å². The molecule has 1 amide bonds. The second-order valence-electron chi connectivity index (χ2n) is 7.12. The highest BCUT2D eigenvalue weighted by Gasteiger charge is 2.36. The van der Waals surface area contributed by atoms with Crippen molar-refractivity contribution in [1.29, 1.82) is 5.26 Å². The third-order valence-corrected chi connectivity index (χ3v) is 4.97. The Bertz CT molecular complexity index is 1220. The molecule has 0 saturated carbocycles. The van der Waals surface area contributed by atoms with E-state index in [9.17, 15) is 23.2 Å². The molecule has 1 unspecified atom stereocenters. The average molecular weight is 467 g/mol. The van der Waals surface area contributed by atoms with Crippen LogP contribution >= 0.6 is 11.6 Å². The predicted molar refractivity (Wildman–Crippen MR) is 111 cm³/mol. The molecule has 2 N–H and O–H groups in total. The largest absolute Gasteiger partial charge is 0.573 e. The van der Waals surface area contributed by atoms with Gasteiger partial charge in [0.1, 0.15) is 5.75 Å². The second-order valence-corrected chi connectivity index (χ2v) is 7.56. The van der Waals surface area contributed by atoms with Gasteiger partial charge in [0, 0.05) is 10.6 Å². The molecule has 7 nitrogen and oxygen atoms in total. The molecule has 0 aliphatic carbocycles. The Morgan fingerprint density at radius 1 is 1.28 bits per heavy atom. The molecule has 0 fully saturated rings. The fourth-order valence-corrected chi connectivity index (χ4v) is 3.52. The van der Waals surface area contributed by atoms with Gasteiger partial charge in [0.25, 0.3) is 0 Å². The molecule has 1 aromatic heterocycles. The maximum Gasteiger partial charge on any atom is 0.573 e. The highest BCUT2D eigenvalue weighted by molar-refractivity contribution is 6.31. The van der Waals surface area contributed by atoms with Gasteiger partial charge in [-0.1, -0.05) is 11.6 Å². The SMILES string of the molecule is CCOc1c2cc(Cl)ccc2nn1CC(C)(C#N)c1cc(OC(F)(F)F)ccc1C(N)=O. The Balaban J connectivity index is 2.15. The van der Waals surface area contributed by atoms with E-state index in [1.54, 1.807) is 25.1 Å². The van der Waals surface area contributed by atoms with Crippen LogP contribution < -0.4 is 15.2 Å². The molecule has 0 aliphatic heterocycles. The number of alkyl halides is 3. The van der Waals surface area contributed by atoms with Crippen LogP contribution in [-0.4, -0.2) is 28.7 Å². The van der Waals surface area contributed by atoms with Gasteiger partial charge in [0.15, 0.2) is 0 Å². The summed E-state index contributed by atoms with van der Waals surface area (Å²) in [6, 6.07) is 10.1. The molecule has 3 aromatic rings. The minimum absolute atomic E-state index is 0.0331. The normalized spacial score (nSPS) is 13.4. The summed E-state index contributed by atoms with van der Waals surface area (Å²) in [5.41, 5.74) is 4.30. The molecule has 11 heteroatoms. The topological polar surface area (TPSA) is 103 Å². The monoisotopic (exact) mass is 466 g/mol. The van der Waals surface area contributed by atoms with Crippen molar-refractivity contribution < 1.29 is 27.4 Å². The van der Waals surface area contributed by atoms with Crippen LogP contribution in [0.25, 0.3) is 10.9 Å². The smallest absolute Gasteiger partial charge is 0.478 e. The van der Waals surface area contributed by atoms with Crippen molar-refractivity contribution in [3.05, 3.63) is 52.5 Å². The Morgan fingerprint density at radius 2 is 2.00 bits per heavy atom. The Morgan fingerprint density at radius 3 is 2.59 bits per heavy atom. The number of benzene rings is 2. The molecule has 32 heavy (non-hydrogen) atoms. The number of nitrogens with zero attached hydrogens (tertiary/aromatic N) is 3. The van der Waals surface area contributed by atoms with E-state index < -0.39 is 23.4 Å². The van der Waals surface area contributed by atoms with Crippen LogP contribution in [0.4, 0.5) is 13.2 Å². The van der Waals surface area contributed by atoms with Gasteiger partial charge in [-0.05, 0) is 55.8 Å². The summed E-state index contributed by atoms with van der Waals surface area (Å²) < 4.78 is 49.3. The Labute approximate surface area is 186 Å². The summed E-state index contributed by atoms with van der Waals surface area (Å²) in [4.78, 5) is 12.0. The Hall–Kier alpha value is -3.45. The molecule has 3 rings (SSSR count). The fourth-order valence-electron chi connectivity index (χ4n) is 3.35. The summed E-state index contributed by atoms with van der Waals surface area (Å²) in [7, 11) is 0. The summed E-state index contributed by atoms with van der Waals surface area (Å²) in [5, 5.41) is 15.5. The van der Waals surface area contributed by atoms with Gasteiger partial charge in [-0.2, -0.15) is 10.4 Å². The number of ether oxygens (including phenoxy) is 2. The highest BCUT2D eigenvalue weighted by Crippen LogP contribution is 2.36. The number of fused-ring (bicyclic) bond motifs is 1. The molecule has 0 aliphatic rings. The first kappa shape index (κ1) is 23.2. The lowest BCUT2D eigenvalue weighted by atomic mass is 9.80. The standard InChI is InChI=1S/C21H18ClF3N4O3/c1-3-31-19-15-8-12(22)4-7-17(15)28-29(19)11-20(2,10-26)16-9-13(32-21(23,24)25)5-6-14(16)18(27)30/h4-9H,3,11H2,1-2H3,(H2,27,30). The maximum absolute atomic E-state index is 12.7. The van der Waals surface area contributed by atoms with E-state index in [4.69, 9.17) is 22.1 Å². The Kier molecular flexibility index (Phi) is 6.23. The summed E-state index contributed by atoms with van der Waals surface area (Å²) in [6.45, 7) is 3.36. The van der Waals surface area contributed by atoms with Crippen LogP contribution in [0.5, 0.6) is 11.6 Å². The molecule has 0 bridgehead atoms. The van der Waals surface area contributed by atoms with Gasteiger partial charge < -0.3 is 15.2 Å². The molecule has 2 aromatic carbocycles. The van der Waals surface area contributed by atoms with E-state index in [2.05, 4.69) is 15.9 Å². The second kappa shape index (κ2) is 8.59. The zero-order chi connectivity index (χ0) is 23.7. The van der Waals surface area contributed by atoms with Crippen molar-refractivity contribution in [1.82, 2.24) is 9.78 Å². The van der Waals surface area contributed by atoms with E-state index >= 15 is 0 Å². The minimum atomic E-state index is -4.95. The lowest BCUT2D eigenvalue weighted by molar-refractivity contribution is -0.274. The van der Waals surface area contributed by atoms with E-state index in [-0.39, 0.29) is 24.3 Å². The zero-order valence-corrected chi connectivity index (χ0v) is 17.8. The van der Waals surface area contributed by atoms with Crippen molar-refractivity contribution in [3.63, 3.8) is 0 Å². The molecule has 0 radical (unpaired) electrons. The molecule has 1 heterocycles. The number of primary amides is 1. The summed E-state index contributed by atoms with van der Waals surface area (Å²) >= 11 is 6.08.